The van der Waals surface area contributed by atoms with Gasteiger partial charge in [-0.05, 0) is 42.0 Å². The van der Waals surface area contributed by atoms with Crippen molar-refractivity contribution in [1.29, 1.82) is 0 Å². The smallest absolute Gasteiger partial charge is 0.337 e. The second-order valence-corrected chi connectivity index (χ2v) is 7.28. The van der Waals surface area contributed by atoms with E-state index in [-0.39, 0.29) is 18.0 Å². The van der Waals surface area contributed by atoms with Crippen LogP contribution in [0.1, 0.15) is 27.0 Å². The van der Waals surface area contributed by atoms with Gasteiger partial charge in [-0.3, -0.25) is 9.36 Å². The first-order valence-electron chi connectivity index (χ1n) is 9.25. The minimum absolute atomic E-state index is 0.231. The maximum absolute atomic E-state index is 13.0. The van der Waals surface area contributed by atoms with Crippen molar-refractivity contribution in [3.05, 3.63) is 81.1 Å². The molecule has 1 aromatic heterocycles. The number of rotatable bonds is 7. The van der Waals surface area contributed by atoms with Gasteiger partial charge in [-0.15, -0.1) is 0 Å². The Morgan fingerprint density at radius 3 is 2.57 bits per heavy atom. The number of aromatic nitrogens is 2. The molecular formula is C22H23N3O4S. The van der Waals surface area contributed by atoms with E-state index < -0.39 is 5.97 Å². The Hall–Kier alpha value is -3.10. The van der Waals surface area contributed by atoms with Crippen LogP contribution in [-0.2, 0) is 17.9 Å². The minimum atomic E-state index is -0.471. The molecule has 7 nitrogen and oxygen atoms in total. The molecule has 0 aliphatic rings. The van der Waals surface area contributed by atoms with Gasteiger partial charge in [0.05, 0.1) is 24.4 Å². The monoisotopic (exact) mass is 425 g/mol. The van der Waals surface area contributed by atoms with Crippen molar-refractivity contribution < 1.29 is 14.3 Å². The number of aryl methyl sites for hydroxylation is 1. The molecule has 0 aliphatic carbocycles. The normalized spacial score (nSPS) is 10.7. The van der Waals surface area contributed by atoms with Crippen LogP contribution in [0.15, 0.2) is 58.5 Å². The summed E-state index contributed by atoms with van der Waals surface area (Å²) in [5.41, 5.74) is 9.14. The Balaban J connectivity index is 1.97. The highest BCUT2D eigenvalue weighted by molar-refractivity contribution is 7.98. The molecule has 0 radical (unpaired) electrons. The third-order valence-electron chi connectivity index (χ3n) is 4.63. The fraction of sp³-hybridized carbons (Fsp3) is 0.227. The molecule has 156 valence electrons. The Bertz CT molecular complexity index is 1130. The van der Waals surface area contributed by atoms with Crippen LogP contribution in [0.25, 0.3) is 5.69 Å². The van der Waals surface area contributed by atoms with Gasteiger partial charge in [0, 0.05) is 6.54 Å². The maximum Gasteiger partial charge on any atom is 0.337 e. The van der Waals surface area contributed by atoms with Gasteiger partial charge in [0.2, 0.25) is 5.88 Å². The molecule has 0 bridgehead atoms. The molecule has 0 amide bonds. The zero-order valence-corrected chi connectivity index (χ0v) is 17.9. The zero-order chi connectivity index (χ0) is 21.7. The van der Waals surface area contributed by atoms with Gasteiger partial charge in [0.15, 0.2) is 5.16 Å². The second kappa shape index (κ2) is 9.60. The van der Waals surface area contributed by atoms with Crippen molar-refractivity contribution in [3.63, 3.8) is 0 Å². The highest BCUT2D eigenvalue weighted by atomic mass is 32.2. The number of benzene rings is 2. The number of hydrogen-bond acceptors (Lipinski definition) is 7. The number of thioether (sulfide) groups is 1. The predicted molar refractivity (Wildman–Crippen MR) is 116 cm³/mol. The minimum Gasteiger partial charge on any atom is -0.473 e. The van der Waals surface area contributed by atoms with Crippen LogP contribution >= 0.6 is 11.8 Å². The molecular weight excluding hydrogens is 402 g/mol. The summed E-state index contributed by atoms with van der Waals surface area (Å²) in [5.74, 6) is -0.240. The summed E-state index contributed by atoms with van der Waals surface area (Å²) in [4.78, 5) is 29.4. The molecule has 0 saturated heterocycles. The van der Waals surface area contributed by atoms with Crippen LogP contribution in [0.3, 0.4) is 0 Å². The average Bonchev–Trinajstić information content (AvgIpc) is 2.77. The van der Waals surface area contributed by atoms with E-state index >= 15 is 0 Å². The summed E-state index contributed by atoms with van der Waals surface area (Å²) in [7, 11) is 1.32. The lowest BCUT2D eigenvalue weighted by atomic mass is 10.1. The average molecular weight is 426 g/mol. The fourth-order valence-corrected chi connectivity index (χ4v) is 3.57. The molecule has 2 aromatic carbocycles. The molecule has 0 saturated carbocycles. The third kappa shape index (κ3) is 4.55. The van der Waals surface area contributed by atoms with Gasteiger partial charge in [-0.1, -0.05) is 42.1 Å². The van der Waals surface area contributed by atoms with Gasteiger partial charge in [-0.2, -0.15) is 4.98 Å². The zero-order valence-electron chi connectivity index (χ0n) is 17.0. The first-order chi connectivity index (χ1) is 14.5. The quantitative estimate of drug-likeness (QED) is 0.353. The number of nitrogens with two attached hydrogens (primary N) is 1. The number of nitrogens with zero attached hydrogens (tertiary/aromatic N) is 2. The van der Waals surface area contributed by atoms with Crippen LogP contribution in [0.4, 0.5) is 0 Å². The van der Waals surface area contributed by atoms with E-state index in [1.807, 2.05) is 37.4 Å². The van der Waals surface area contributed by atoms with Gasteiger partial charge < -0.3 is 15.2 Å². The first kappa shape index (κ1) is 21.6. The number of carbonyl (C=O) groups excluding carboxylic acids is 1. The van der Waals surface area contributed by atoms with E-state index in [1.165, 1.54) is 29.5 Å². The van der Waals surface area contributed by atoms with Gasteiger partial charge >= 0.3 is 5.97 Å². The molecule has 2 N–H and O–H groups in total. The standard InChI is InChI=1S/C22H23N3O4S/c1-14-8-9-15(21(27)28-2)10-18(14)25-20(26)11-19(24-22(25)30-3)29-13-17-7-5-4-6-16(17)12-23/h4-11H,12-13,23H2,1-3H3. The van der Waals surface area contributed by atoms with Crippen LogP contribution in [0, 0.1) is 6.92 Å². The number of ether oxygens (including phenoxy) is 2. The summed E-state index contributed by atoms with van der Waals surface area (Å²) in [6, 6.07) is 14.1. The lowest BCUT2D eigenvalue weighted by Gasteiger charge is -2.15. The number of methoxy groups -OCH3 is 1. The molecule has 0 spiro atoms. The number of esters is 1. The van der Waals surface area contributed by atoms with E-state index in [2.05, 4.69) is 4.98 Å². The Labute approximate surface area is 178 Å². The second-order valence-electron chi connectivity index (χ2n) is 6.51. The highest BCUT2D eigenvalue weighted by Crippen LogP contribution is 2.23. The summed E-state index contributed by atoms with van der Waals surface area (Å²) in [6.07, 6.45) is 1.82. The molecule has 3 rings (SSSR count). The third-order valence-corrected chi connectivity index (χ3v) is 5.27. The van der Waals surface area contributed by atoms with Crippen molar-refractivity contribution in [2.24, 2.45) is 5.73 Å². The van der Waals surface area contributed by atoms with E-state index in [9.17, 15) is 9.59 Å². The molecule has 0 atom stereocenters. The van der Waals surface area contributed by atoms with Crippen LogP contribution in [0.2, 0.25) is 0 Å². The lowest BCUT2D eigenvalue weighted by molar-refractivity contribution is 0.0600. The number of carbonyl (C=O) groups is 1. The van der Waals surface area contributed by atoms with Crippen molar-refractivity contribution in [2.45, 2.75) is 25.2 Å². The van der Waals surface area contributed by atoms with E-state index in [4.69, 9.17) is 15.2 Å². The number of hydrogen-bond donors (Lipinski definition) is 1. The fourth-order valence-electron chi connectivity index (χ4n) is 3.02. The topological polar surface area (TPSA) is 96.4 Å². The maximum atomic E-state index is 13.0. The lowest BCUT2D eigenvalue weighted by Crippen LogP contribution is -2.22. The molecule has 0 aliphatic heterocycles. The van der Waals surface area contributed by atoms with Crippen molar-refractivity contribution >= 4 is 17.7 Å². The Morgan fingerprint density at radius 1 is 1.17 bits per heavy atom. The van der Waals surface area contributed by atoms with E-state index in [0.29, 0.717) is 23.0 Å². The van der Waals surface area contributed by atoms with Gasteiger partial charge in [0.25, 0.3) is 5.56 Å². The summed E-state index contributed by atoms with van der Waals surface area (Å²) < 4.78 is 12.0. The highest BCUT2D eigenvalue weighted by Gasteiger charge is 2.16. The molecule has 1 heterocycles. The SMILES string of the molecule is COC(=O)c1ccc(C)c(-n2c(SC)nc(OCc3ccccc3CN)cc2=O)c1. The van der Waals surface area contributed by atoms with Crippen LogP contribution in [-0.4, -0.2) is 28.9 Å². The molecule has 0 fully saturated rings. The molecule has 8 heteroatoms. The van der Waals surface area contributed by atoms with E-state index in [1.54, 1.807) is 18.2 Å². The Kier molecular flexibility index (Phi) is 6.91. The molecule has 3 aromatic rings. The van der Waals surface area contributed by atoms with Crippen LogP contribution in [0.5, 0.6) is 5.88 Å². The van der Waals surface area contributed by atoms with E-state index in [0.717, 1.165) is 16.7 Å². The Morgan fingerprint density at radius 2 is 1.90 bits per heavy atom. The van der Waals surface area contributed by atoms with Crippen molar-refractivity contribution in [1.82, 2.24) is 9.55 Å². The van der Waals surface area contributed by atoms with Gasteiger partial charge in [-0.25, -0.2) is 4.79 Å². The van der Waals surface area contributed by atoms with Crippen LogP contribution < -0.4 is 16.0 Å². The predicted octanol–water partition coefficient (Wildman–Crippen LogP) is 3.09. The summed E-state index contributed by atoms with van der Waals surface area (Å²) >= 11 is 1.31. The summed E-state index contributed by atoms with van der Waals surface area (Å²) in [5, 5.41) is 0.453. The summed E-state index contributed by atoms with van der Waals surface area (Å²) in [6.45, 7) is 2.52. The van der Waals surface area contributed by atoms with Gasteiger partial charge in [0.1, 0.15) is 6.61 Å². The molecule has 30 heavy (non-hydrogen) atoms. The van der Waals surface area contributed by atoms with Crippen molar-refractivity contribution in [2.75, 3.05) is 13.4 Å². The largest absolute Gasteiger partial charge is 0.473 e. The first-order valence-corrected chi connectivity index (χ1v) is 10.5. The van der Waals surface area contributed by atoms with Crippen molar-refractivity contribution in [3.8, 4) is 11.6 Å². The molecule has 0 unspecified atom stereocenters.